The molecule has 0 spiro atoms. The Morgan fingerprint density at radius 2 is 2.33 bits per heavy atom. The number of likely N-dealkylation sites (N-methyl/N-ethyl adjacent to an activating group) is 1. The topological polar surface area (TPSA) is 38.3 Å². The van der Waals surface area contributed by atoms with Crippen LogP contribution in [0.25, 0.3) is 0 Å². The first kappa shape index (κ1) is 8.01. The fraction of sp³-hybridized carbons (Fsp3) is 0.500. The van der Waals surface area contributed by atoms with Crippen LogP contribution < -0.4 is 5.32 Å². The van der Waals surface area contributed by atoms with Crippen LogP contribution in [0.2, 0.25) is 0 Å². The zero-order valence-corrected chi connectivity index (χ0v) is 5.73. The molecule has 0 aliphatic carbocycles. The number of ether oxygens (including phenoxy) is 1. The maximum Gasteiger partial charge on any atom is 0.303 e. The lowest BCUT2D eigenvalue weighted by Crippen LogP contribution is -2.12. The number of esters is 1. The summed E-state index contributed by atoms with van der Waals surface area (Å²) in [6.45, 7) is 5.18. The first-order chi connectivity index (χ1) is 4.16. The zero-order valence-electron chi connectivity index (χ0n) is 5.73. The highest BCUT2D eigenvalue weighted by atomic mass is 16.5. The molecule has 0 aromatic carbocycles. The maximum atomic E-state index is 10.2. The van der Waals surface area contributed by atoms with E-state index in [1.54, 1.807) is 7.05 Å². The molecule has 0 bridgehead atoms. The van der Waals surface area contributed by atoms with Crippen LogP contribution in [0.1, 0.15) is 6.92 Å². The van der Waals surface area contributed by atoms with Gasteiger partial charge in [-0.15, -0.1) is 0 Å². The molecule has 0 radical (unpaired) electrons. The SMILES string of the molecule is C=C(COC(C)=O)NC. The molecule has 52 valence electrons. The van der Waals surface area contributed by atoms with Crippen molar-refractivity contribution in [1.82, 2.24) is 5.32 Å². The van der Waals surface area contributed by atoms with Gasteiger partial charge in [0.15, 0.2) is 0 Å². The monoisotopic (exact) mass is 129 g/mol. The third kappa shape index (κ3) is 4.87. The van der Waals surface area contributed by atoms with Gasteiger partial charge in [-0.05, 0) is 0 Å². The second-order valence-electron chi connectivity index (χ2n) is 1.63. The number of nitrogens with one attached hydrogen (secondary N) is 1. The molecule has 0 unspecified atom stereocenters. The molecule has 0 heterocycles. The lowest BCUT2D eigenvalue weighted by atomic mass is 10.5. The second kappa shape index (κ2) is 3.95. The summed E-state index contributed by atoms with van der Waals surface area (Å²) in [7, 11) is 1.73. The van der Waals surface area contributed by atoms with E-state index in [9.17, 15) is 4.79 Å². The van der Waals surface area contributed by atoms with Crippen LogP contribution in [0.3, 0.4) is 0 Å². The van der Waals surface area contributed by atoms with Gasteiger partial charge < -0.3 is 10.1 Å². The standard InChI is InChI=1S/C6H11NO2/c1-5(7-3)4-9-6(2)8/h7H,1,4H2,2-3H3. The highest BCUT2D eigenvalue weighted by Crippen LogP contribution is 1.83. The van der Waals surface area contributed by atoms with Gasteiger partial charge in [0.05, 0.1) is 0 Å². The molecular weight excluding hydrogens is 118 g/mol. The van der Waals surface area contributed by atoms with Crippen LogP contribution >= 0.6 is 0 Å². The van der Waals surface area contributed by atoms with Gasteiger partial charge in [0, 0.05) is 19.7 Å². The Kier molecular flexibility index (Phi) is 3.51. The van der Waals surface area contributed by atoms with Crippen molar-refractivity contribution in [3.63, 3.8) is 0 Å². The minimum absolute atomic E-state index is 0.256. The van der Waals surface area contributed by atoms with Gasteiger partial charge in [0.1, 0.15) is 6.61 Å². The van der Waals surface area contributed by atoms with E-state index in [1.165, 1.54) is 6.92 Å². The summed E-state index contributed by atoms with van der Waals surface area (Å²) in [5.74, 6) is -0.286. The third-order valence-corrected chi connectivity index (χ3v) is 0.803. The molecule has 0 aliphatic rings. The van der Waals surface area contributed by atoms with Gasteiger partial charge >= 0.3 is 5.97 Å². The maximum absolute atomic E-state index is 10.2. The Balaban J connectivity index is 3.28. The van der Waals surface area contributed by atoms with Crippen LogP contribution in [0, 0.1) is 0 Å². The van der Waals surface area contributed by atoms with Crippen LogP contribution in [0.5, 0.6) is 0 Å². The summed E-state index contributed by atoms with van der Waals surface area (Å²) in [5, 5.41) is 2.75. The normalized spacial score (nSPS) is 8.22. The fourth-order valence-corrected chi connectivity index (χ4v) is 0.261. The Labute approximate surface area is 54.7 Å². The van der Waals surface area contributed by atoms with Crippen molar-refractivity contribution in [2.24, 2.45) is 0 Å². The molecule has 0 rings (SSSR count). The Bertz CT molecular complexity index is 120. The lowest BCUT2D eigenvalue weighted by Gasteiger charge is -2.02. The predicted octanol–water partition coefficient (Wildman–Crippen LogP) is 0.283. The van der Waals surface area contributed by atoms with Crippen LogP contribution in [-0.2, 0) is 9.53 Å². The van der Waals surface area contributed by atoms with Crippen LogP contribution in [0.15, 0.2) is 12.3 Å². The quantitative estimate of drug-likeness (QED) is 0.556. The van der Waals surface area contributed by atoms with Crippen LogP contribution in [-0.4, -0.2) is 19.6 Å². The molecule has 9 heavy (non-hydrogen) atoms. The number of hydrogen-bond donors (Lipinski definition) is 1. The van der Waals surface area contributed by atoms with E-state index < -0.39 is 0 Å². The molecule has 0 aromatic rings. The fourth-order valence-electron chi connectivity index (χ4n) is 0.261. The van der Waals surface area contributed by atoms with Gasteiger partial charge in [0.25, 0.3) is 0 Å². The Morgan fingerprint density at radius 3 is 2.67 bits per heavy atom. The van der Waals surface area contributed by atoms with E-state index in [4.69, 9.17) is 0 Å². The average Bonchev–Trinajstić information content (AvgIpc) is 1.83. The summed E-state index contributed by atoms with van der Waals surface area (Å²) in [5.41, 5.74) is 0.699. The second-order valence-corrected chi connectivity index (χ2v) is 1.63. The van der Waals surface area contributed by atoms with E-state index in [2.05, 4.69) is 16.6 Å². The van der Waals surface area contributed by atoms with Crippen molar-refractivity contribution in [3.05, 3.63) is 12.3 Å². The molecule has 0 amide bonds. The largest absolute Gasteiger partial charge is 0.459 e. The third-order valence-electron chi connectivity index (χ3n) is 0.803. The molecule has 3 nitrogen and oxygen atoms in total. The number of rotatable bonds is 3. The summed E-state index contributed by atoms with van der Waals surface area (Å²) >= 11 is 0. The summed E-state index contributed by atoms with van der Waals surface area (Å²) in [4.78, 5) is 10.2. The first-order valence-electron chi connectivity index (χ1n) is 2.65. The van der Waals surface area contributed by atoms with Crippen molar-refractivity contribution < 1.29 is 9.53 Å². The van der Waals surface area contributed by atoms with E-state index in [-0.39, 0.29) is 12.6 Å². The predicted molar refractivity (Wildman–Crippen MR) is 34.8 cm³/mol. The molecule has 3 heteroatoms. The summed E-state index contributed by atoms with van der Waals surface area (Å²) in [6, 6.07) is 0. The highest BCUT2D eigenvalue weighted by Gasteiger charge is 1.92. The average molecular weight is 129 g/mol. The minimum Gasteiger partial charge on any atom is -0.459 e. The van der Waals surface area contributed by atoms with Gasteiger partial charge in [-0.1, -0.05) is 6.58 Å². The summed E-state index contributed by atoms with van der Waals surface area (Å²) in [6.07, 6.45) is 0. The van der Waals surface area contributed by atoms with Gasteiger partial charge in [-0.25, -0.2) is 0 Å². The van der Waals surface area contributed by atoms with E-state index in [0.29, 0.717) is 5.70 Å². The number of carbonyl (C=O) groups is 1. The number of hydrogen-bond acceptors (Lipinski definition) is 3. The van der Waals surface area contributed by atoms with Gasteiger partial charge in [0.2, 0.25) is 0 Å². The van der Waals surface area contributed by atoms with E-state index >= 15 is 0 Å². The van der Waals surface area contributed by atoms with Crippen molar-refractivity contribution >= 4 is 5.97 Å². The smallest absolute Gasteiger partial charge is 0.303 e. The van der Waals surface area contributed by atoms with Gasteiger partial charge in [-0.2, -0.15) is 0 Å². The molecular formula is C6H11NO2. The number of carbonyl (C=O) groups excluding carboxylic acids is 1. The molecule has 1 N–H and O–H groups in total. The molecule has 0 saturated carbocycles. The highest BCUT2D eigenvalue weighted by molar-refractivity contribution is 5.66. The van der Waals surface area contributed by atoms with Crippen molar-refractivity contribution in [1.29, 1.82) is 0 Å². The lowest BCUT2D eigenvalue weighted by molar-refractivity contribution is -0.140. The molecule has 0 aliphatic heterocycles. The molecule has 0 aromatic heterocycles. The Hall–Kier alpha value is -0.990. The molecule has 0 fully saturated rings. The molecule has 0 atom stereocenters. The van der Waals surface area contributed by atoms with E-state index in [1.807, 2.05) is 0 Å². The van der Waals surface area contributed by atoms with Crippen molar-refractivity contribution in [2.45, 2.75) is 6.92 Å². The minimum atomic E-state index is -0.286. The Morgan fingerprint density at radius 1 is 1.78 bits per heavy atom. The van der Waals surface area contributed by atoms with Crippen molar-refractivity contribution in [2.75, 3.05) is 13.7 Å². The van der Waals surface area contributed by atoms with Crippen molar-refractivity contribution in [3.8, 4) is 0 Å². The van der Waals surface area contributed by atoms with Gasteiger partial charge in [-0.3, -0.25) is 4.79 Å². The molecule has 0 saturated heterocycles. The zero-order chi connectivity index (χ0) is 7.28. The summed E-state index contributed by atoms with van der Waals surface area (Å²) < 4.78 is 4.59. The first-order valence-corrected chi connectivity index (χ1v) is 2.65. The van der Waals surface area contributed by atoms with E-state index in [0.717, 1.165) is 0 Å². The van der Waals surface area contributed by atoms with Crippen LogP contribution in [0.4, 0.5) is 0 Å².